The van der Waals surface area contributed by atoms with Crippen molar-refractivity contribution < 1.29 is 29.2 Å². The summed E-state index contributed by atoms with van der Waals surface area (Å²) < 4.78 is 24.4. The Balaban J connectivity index is 2.51. The van der Waals surface area contributed by atoms with E-state index in [0.717, 1.165) is 123 Å². The van der Waals surface area contributed by atoms with Crippen LogP contribution in [0.4, 0.5) is 0 Å². The third kappa shape index (κ3) is 56.6. The van der Waals surface area contributed by atoms with Crippen LogP contribution in [0.2, 0.25) is 0 Å². The van der Waals surface area contributed by atoms with Gasteiger partial charge in [-0.15, -0.1) is 0 Å². The van der Waals surface area contributed by atoms with E-state index in [1.54, 1.807) is 0 Å². The monoisotopic (exact) mass is 1300 g/mol. The molecule has 1 aliphatic rings. The van der Waals surface area contributed by atoms with Gasteiger partial charge in [-0.3, -0.25) is 0 Å². The van der Waals surface area contributed by atoms with Crippen molar-refractivity contribution in [2.45, 2.75) is 406 Å². The van der Waals surface area contributed by atoms with Gasteiger partial charge in [0.05, 0.1) is 26.4 Å². The Morgan fingerprint density at radius 3 is 0.467 bits per heavy atom. The molecule has 1 aliphatic heterocycles. The van der Waals surface area contributed by atoms with E-state index in [0.29, 0.717) is 36.9 Å². The number of ether oxygens (including phenoxy) is 4. The Bertz CT molecular complexity index is 1410. The lowest BCUT2D eigenvalue weighted by atomic mass is 9.88. The minimum absolute atomic E-state index is 0.0415. The normalized spacial score (nSPS) is 36.1. The second-order valence-electron chi connectivity index (χ2n) is 34.7. The van der Waals surface area contributed by atoms with Gasteiger partial charge in [-0.05, 0) is 120 Å². The molecule has 4 unspecified atom stereocenters. The Morgan fingerprint density at radius 1 is 0.185 bits per heavy atom. The average Bonchev–Trinajstić information content (AvgIpc) is 3.72. The van der Waals surface area contributed by atoms with Crippen LogP contribution in [0, 0.1) is 94.7 Å². The molecule has 552 valence electrons. The summed E-state index contributed by atoms with van der Waals surface area (Å²) in [6.07, 6.45) is 59.0. The second-order valence-corrected chi connectivity index (χ2v) is 34.7. The van der Waals surface area contributed by atoms with Crippen LogP contribution in [0.3, 0.4) is 0 Å². The van der Waals surface area contributed by atoms with Crippen molar-refractivity contribution in [1.29, 1.82) is 0 Å². The SMILES string of the molecule is CC1CCC[C@@H](C)CCC[C@@H](C)CCC[C@@H](C)CCOC[C@@H](CO)OCC[C@H](C)CCC[C@H](C)CCC[C@H](C)CCCC(C)CCC(C)CCC[C@@H](C)CCC[C@@H](C)CCC[C@@H](C)CCOC[C@@H](CO)OCC[C@H](C)CCC[C@H](C)CCC[C@H](C)CCCC(C)CC1. The molecule has 0 aromatic rings. The lowest BCUT2D eigenvalue weighted by Crippen LogP contribution is -2.25. The van der Waals surface area contributed by atoms with Crippen molar-refractivity contribution in [1.82, 2.24) is 0 Å². The second kappa shape index (κ2) is 60.7. The van der Waals surface area contributed by atoms with Crippen molar-refractivity contribution in [3.8, 4) is 0 Å². The maximum atomic E-state index is 10.0. The summed E-state index contributed by atoms with van der Waals surface area (Å²) in [5, 5.41) is 20.1. The molecule has 1 saturated heterocycles. The highest BCUT2D eigenvalue weighted by Gasteiger charge is 2.18. The first kappa shape index (κ1) is 89.8. The summed E-state index contributed by atoms with van der Waals surface area (Å²) in [7, 11) is 0. The molecule has 0 aromatic carbocycles. The van der Waals surface area contributed by atoms with Gasteiger partial charge in [0.2, 0.25) is 0 Å². The van der Waals surface area contributed by atoms with Crippen LogP contribution >= 0.6 is 0 Å². The first-order valence-electron chi connectivity index (χ1n) is 41.8. The highest BCUT2D eigenvalue weighted by Crippen LogP contribution is 2.31. The van der Waals surface area contributed by atoms with Crippen LogP contribution in [-0.4, -0.2) is 75.3 Å². The van der Waals surface area contributed by atoms with Gasteiger partial charge < -0.3 is 29.2 Å². The molecule has 6 heteroatoms. The highest BCUT2D eigenvalue weighted by molar-refractivity contribution is 4.70. The fourth-order valence-corrected chi connectivity index (χ4v) is 15.4. The summed E-state index contributed by atoms with van der Waals surface area (Å²) in [6, 6.07) is 0. The van der Waals surface area contributed by atoms with Gasteiger partial charge in [0, 0.05) is 26.4 Å². The van der Waals surface area contributed by atoms with E-state index in [1.165, 1.54) is 257 Å². The van der Waals surface area contributed by atoms with Crippen LogP contribution in [0.5, 0.6) is 0 Å². The Hall–Kier alpha value is -0.240. The summed E-state index contributed by atoms with van der Waals surface area (Å²) in [4.78, 5) is 0. The molecular weight excluding hydrogens is 1130 g/mol. The van der Waals surface area contributed by atoms with E-state index >= 15 is 0 Å². The zero-order valence-electron chi connectivity index (χ0n) is 65.7. The molecule has 1 fully saturated rings. The molecule has 0 amide bonds. The van der Waals surface area contributed by atoms with Crippen molar-refractivity contribution in [2.75, 3.05) is 52.9 Å². The van der Waals surface area contributed by atoms with Crippen LogP contribution in [0.25, 0.3) is 0 Å². The van der Waals surface area contributed by atoms with Crippen LogP contribution < -0.4 is 0 Å². The predicted molar refractivity (Wildman–Crippen MR) is 405 cm³/mol. The van der Waals surface area contributed by atoms with Gasteiger partial charge >= 0.3 is 0 Å². The molecule has 6 nitrogen and oxygen atoms in total. The fraction of sp³-hybridized carbons (Fsp3) is 1.00. The topological polar surface area (TPSA) is 77.4 Å². The zero-order valence-corrected chi connectivity index (χ0v) is 65.7. The standard InChI is InChI=1S/C86H172O6/c1-69-29-17-33-73(5)41-25-49-81(13)57-61-89-67-85(65-87)91-63-59-83(15)52-28-44-76(8)36-20-32-72(4)40-24-48-80(12)56-54-78(10)46-22-38-70(2)30-18-34-74(6)42-26-50-82(14)58-62-90-68-86(66-88)92-64-60-84(16)51-27-43-75(7)35-19-31-71(3)39-23-47-79(11)55-53-77(9)45-21-37-69/h69-88H,17-68H2,1-16H3/t69-,70-,71-,72-,73+,74+,75+,76+,77?,78?,79?,80?,81+,82+,83+,84+,85+,86+/m0/s1. The van der Waals surface area contributed by atoms with Gasteiger partial charge in [0.25, 0.3) is 0 Å². The van der Waals surface area contributed by atoms with E-state index < -0.39 is 0 Å². The van der Waals surface area contributed by atoms with Crippen LogP contribution in [0.1, 0.15) is 393 Å². The smallest absolute Gasteiger partial charge is 0.104 e. The molecule has 92 heavy (non-hydrogen) atoms. The largest absolute Gasteiger partial charge is 0.394 e. The summed E-state index contributed by atoms with van der Waals surface area (Å²) in [5.41, 5.74) is 0. The van der Waals surface area contributed by atoms with Crippen LogP contribution in [0.15, 0.2) is 0 Å². The molecule has 0 spiro atoms. The molecule has 0 bridgehead atoms. The van der Waals surface area contributed by atoms with Crippen molar-refractivity contribution in [2.24, 2.45) is 94.7 Å². The summed E-state index contributed by atoms with van der Waals surface area (Å²) in [6.45, 7) is 43.7. The van der Waals surface area contributed by atoms with Crippen LogP contribution in [-0.2, 0) is 18.9 Å². The van der Waals surface area contributed by atoms with Crippen molar-refractivity contribution in [3.05, 3.63) is 0 Å². The molecule has 2 N–H and O–H groups in total. The van der Waals surface area contributed by atoms with Gasteiger partial charge in [-0.25, -0.2) is 0 Å². The lowest BCUT2D eigenvalue weighted by Gasteiger charge is -2.19. The Labute approximate surface area is 579 Å². The minimum Gasteiger partial charge on any atom is -0.394 e. The van der Waals surface area contributed by atoms with Gasteiger partial charge in [0.15, 0.2) is 0 Å². The van der Waals surface area contributed by atoms with E-state index in [-0.39, 0.29) is 25.4 Å². The minimum atomic E-state index is -0.203. The van der Waals surface area contributed by atoms with E-state index in [9.17, 15) is 10.2 Å². The van der Waals surface area contributed by atoms with Crippen molar-refractivity contribution >= 4 is 0 Å². The van der Waals surface area contributed by atoms with E-state index in [1.807, 2.05) is 0 Å². The van der Waals surface area contributed by atoms with E-state index in [4.69, 9.17) is 18.9 Å². The maximum Gasteiger partial charge on any atom is 0.104 e. The third-order valence-corrected chi connectivity index (χ3v) is 23.5. The van der Waals surface area contributed by atoms with Crippen molar-refractivity contribution in [3.63, 3.8) is 0 Å². The van der Waals surface area contributed by atoms with Gasteiger partial charge in [-0.1, -0.05) is 368 Å². The first-order valence-corrected chi connectivity index (χ1v) is 41.8. The molecule has 0 saturated carbocycles. The molecule has 0 radical (unpaired) electrons. The van der Waals surface area contributed by atoms with E-state index in [2.05, 4.69) is 111 Å². The zero-order chi connectivity index (χ0) is 68.0. The van der Waals surface area contributed by atoms with Gasteiger partial charge in [0.1, 0.15) is 12.2 Å². The Kier molecular flexibility index (Phi) is 59.2. The quantitative estimate of drug-likeness (QED) is 0.287. The number of rotatable bonds is 2. The number of hydrogen-bond acceptors (Lipinski definition) is 6. The molecule has 0 aromatic heterocycles. The molecule has 0 aliphatic carbocycles. The predicted octanol–water partition coefficient (Wildman–Crippen LogP) is 26.1. The number of aliphatic hydroxyl groups is 2. The number of hydrogen-bond donors (Lipinski definition) is 2. The fourth-order valence-electron chi connectivity index (χ4n) is 15.4. The Morgan fingerprint density at radius 2 is 0.315 bits per heavy atom. The molecule has 18 atom stereocenters. The molecular formula is C86H172O6. The maximum absolute atomic E-state index is 10.0. The number of aliphatic hydroxyl groups excluding tert-OH is 2. The molecule has 1 rings (SSSR count). The third-order valence-electron chi connectivity index (χ3n) is 23.5. The highest BCUT2D eigenvalue weighted by atomic mass is 16.5. The summed E-state index contributed by atoms with van der Waals surface area (Å²) >= 11 is 0. The first-order chi connectivity index (χ1) is 44.2. The molecule has 1 heterocycles. The van der Waals surface area contributed by atoms with Gasteiger partial charge in [-0.2, -0.15) is 0 Å². The lowest BCUT2D eigenvalue weighted by molar-refractivity contribution is -0.0471. The average molecular weight is 1300 g/mol. The summed E-state index contributed by atoms with van der Waals surface area (Å²) in [5.74, 6) is 12.9.